The molecule has 8 heteroatoms. The molecule has 0 saturated heterocycles. The average Bonchev–Trinajstić information content (AvgIpc) is 2.44. The maximum Gasteiger partial charge on any atom is 0.238 e. The normalized spacial score (nSPS) is 10.8. The van der Waals surface area contributed by atoms with Crippen molar-refractivity contribution in [2.75, 3.05) is 13.1 Å². The lowest BCUT2D eigenvalue weighted by Gasteiger charge is -2.06. The third kappa shape index (κ3) is 6.51. The molecule has 0 bridgehead atoms. The molecular weight excluding hydrogens is 306 g/mol. The van der Waals surface area contributed by atoms with Gasteiger partial charge in [-0.3, -0.25) is 9.59 Å². The van der Waals surface area contributed by atoms with Crippen LogP contribution < -0.4 is 15.8 Å². The lowest BCUT2D eigenvalue weighted by Crippen LogP contribution is -2.32. The van der Waals surface area contributed by atoms with Crippen LogP contribution in [0.5, 0.6) is 0 Å². The number of hydrogen-bond acceptors (Lipinski definition) is 4. The van der Waals surface area contributed by atoms with Gasteiger partial charge in [0.1, 0.15) is 6.42 Å². The Labute approximate surface area is 129 Å². The summed E-state index contributed by atoms with van der Waals surface area (Å²) < 4.78 is 22.2. The van der Waals surface area contributed by atoms with Gasteiger partial charge in [0, 0.05) is 13.1 Å². The highest BCUT2D eigenvalue weighted by Gasteiger charge is 2.09. The molecule has 0 aromatic heterocycles. The van der Waals surface area contributed by atoms with E-state index in [1.165, 1.54) is 18.2 Å². The molecular formula is C14H19N3O4S. The number of primary sulfonamides is 1. The number of nitrogens with two attached hydrogens (primary N) is 1. The van der Waals surface area contributed by atoms with Gasteiger partial charge in [-0.05, 0) is 24.1 Å². The van der Waals surface area contributed by atoms with E-state index in [2.05, 4.69) is 17.2 Å². The number of benzene rings is 1. The van der Waals surface area contributed by atoms with Crippen LogP contribution in [0, 0.1) is 0 Å². The Morgan fingerprint density at radius 3 is 2.27 bits per heavy atom. The number of rotatable bonds is 8. The van der Waals surface area contributed by atoms with Crippen LogP contribution in [0.1, 0.15) is 12.0 Å². The predicted molar refractivity (Wildman–Crippen MR) is 82.4 cm³/mol. The molecule has 0 unspecified atom stereocenters. The minimum absolute atomic E-state index is 0.0409. The Hall–Kier alpha value is -2.19. The molecule has 2 amide bonds. The SMILES string of the molecule is C=CCNC(=O)CC(=O)NCCc1ccc(S(N)(=O)=O)cc1. The summed E-state index contributed by atoms with van der Waals surface area (Å²) in [7, 11) is -3.70. The monoisotopic (exact) mass is 325 g/mol. The molecule has 0 heterocycles. The molecule has 120 valence electrons. The van der Waals surface area contributed by atoms with E-state index in [1.807, 2.05) is 0 Å². The third-order valence-electron chi connectivity index (χ3n) is 2.75. The second-order valence-corrected chi connectivity index (χ2v) is 6.12. The molecule has 0 aliphatic heterocycles. The highest BCUT2D eigenvalue weighted by molar-refractivity contribution is 7.89. The second kappa shape index (κ2) is 8.30. The molecule has 0 atom stereocenters. The highest BCUT2D eigenvalue weighted by Crippen LogP contribution is 2.08. The van der Waals surface area contributed by atoms with E-state index in [4.69, 9.17) is 5.14 Å². The molecule has 4 N–H and O–H groups in total. The number of amides is 2. The largest absolute Gasteiger partial charge is 0.355 e. The van der Waals surface area contributed by atoms with Crippen LogP contribution in [0.2, 0.25) is 0 Å². The van der Waals surface area contributed by atoms with Crippen molar-refractivity contribution in [1.29, 1.82) is 0 Å². The van der Waals surface area contributed by atoms with Gasteiger partial charge in [-0.2, -0.15) is 0 Å². The molecule has 0 radical (unpaired) electrons. The van der Waals surface area contributed by atoms with Crippen LogP contribution in [0.3, 0.4) is 0 Å². The standard InChI is InChI=1S/C14H19N3O4S/c1-2-8-16-13(18)10-14(19)17-9-7-11-3-5-12(6-4-11)22(15,20)21/h2-6H,1,7-10H2,(H,16,18)(H,17,19)(H2,15,20,21). The fourth-order valence-electron chi connectivity index (χ4n) is 1.65. The minimum atomic E-state index is -3.70. The van der Waals surface area contributed by atoms with E-state index in [0.29, 0.717) is 19.5 Å². The average molecular weight is 325 g/mol. The molecule has 0 fully saturated rings. The van der Waals surface area contributed by atoms with Crippen molar-refractivity contribution in [3.8, 4) is 0 Å². The molecule has 0 aliphatic carbocycles. The Balaban J connectivity index is 2.36. The Bertz CT molecular complexity index is 639. The maximum absolute atomic E-state index is 11.5. The van der Waals surface area contributed by atoms with E-state index in [9.17, 15) is 18.0 Å². The Morgan fingerprint density at radius 1 is 1.14 bits per heavy atom. The summed E-state index contributed by atoms with van der Waals surface area (Å²) in [5, 5.41) is 10.1. The molecule has 0 saturated carbocycles. The maximum atomic E-state index is 11.5. The van der Waals surface area contributed by atoms with Gasteiger partial charge in [-0.1, -0.05) is 18.2 Å². The molecule has 0 aliphatic rings. The lowest BCUT2D eigenvalue weighted by molar-refractivity contribution is -0.129. The van der Waals surface area contributed by atoms with Crippen molar-refractivity contribution >= 4 is 21.8 Å². The van der Waals surface area contributed by atoms with Gasteiger partial charge in [-0.25, -0.2) is 13.6 Å². The van der Waals surface area contributed by atoms with E-state index in [1.54, 1.807) is 12.1 Å². The van der Waals surface area contributed by atoms with E-state index >= 15 is 0 Å². The number of hydrogen-bond donors (Lipinski definition) is 3. The summed E-state index contributed by atoms with van der Waals surface area (Å²) >= 11 is 0. The van der Waals surface area contributed by atoms with Gasteiger partial charge >= 0.3 is 0 Å². The summed E-state index contributed by atoms with van der Waals surface area (Å²) in [6, 6.07) is 6.08. The van der Waals surface area contributed by atoms with Gasteiger partial charge in [0.25, 0.3) is 0 Å². The first-order chi connectivity index (χ1) is 10.3. The topological polar surface area (TPSA) is 118 Å². The van der Waals surface area contributed by atoms with Crippen molar-refractivity contribution in [3.63, 3.8) is 0 Å². The summed E-state index contributed by atoms with van der Waals surface area (Å²) in [4.78, 5) is 22.8. The van der Waals surface area contributed by atoms with Crippen molar-refractivity contribution in [1.82, 2.24) is 10.6 Å². The van der Waals surface area contributed by atoms with Crippen LogP contribution in [-0.4, -0.2) is 33.3 Å². The van der Waals surface area contributed by atoms with Gasteiger partial charge in [0.05, 0.1) is 4.90 Å². The van der Waals surface area contributed by atoms with Gasteiger partial charge in [0.2, 0.25) is 21.8 Å². The van der Waals surface area contributed by atoms with Crippen LogP contribution in [0.4, 0.5) is 0 Å². The van der Waals surface area contributed by atoms with Crippen LogP contribution in [0.15, 0.2) is 41.8 Å². The molecule has 1 aromatic rings. The molecule has 22 heavy (non-hydrogen) atoms. The molecule has 7 nitrogen and oxygen atoms in total. The van der Waals surface area contributed by atoms with Crippen molar-refractivity contribution in [2.24, 2.45) is 5.14 Å². The smallest absolute Gasteiger partial charge is 0.238 e. The zero-order valence-electron chi connectivity index (χ0n) is 12.0. The predicted octanol–water partition coefficient (Wildman–Crippen LogP) is -0.315. The molecule has 1 rings (SSSR count). The Kier molecular flexibility index (Phi) is 6.74. The first kappa shape index (κ1) is 17.9. The number of carbonyl (C=O) groups is 2. The minimum Gasteiger partial charge on any atom is -0.355 e. The molecule has 1 aromatic carbocycles. The fourth-order valence-corrected chi connectivity index (χ4v) is 2.16. The molecule has 0 spiro atoms. The Morgan fingerprint density at radius 2 is 1.73 bits per heavy atom. The van der Waals surface area contributed by atoms with Crippen molar-refractivity contribution < 1.29 is 18.0 Å². The number of nitrogens with one attached hydrogen (secondary N) is 2. The third-order valence-corrected chi connectivity index (χ3v) is 3.68. The van der Waals surface area contributed by atoms with Gasteiger partial charge in [-0.15, -0.1) is 6.58 Å². The fraction of sp³-hybridized carbons (Fsp3) is 0.286. The highest BCUT2D eigenvalue weighted by atomic mass is 32.2. The summed E-state index contributed by atoms with van der Waals surface area (Å²) in [6.45, 7) is 4.13. The quantitative estimate of drug-likeness (QED) is 0.448. The first-order valence-corrected chi connectivity index (χ1v) is 8.13. The summed E-state index contributed by atoms with van der Waals surface area (Å²) in [5.74, 6) is -0.738. The van der Waals surface area contributed by atoms with Crippen LogP contribution >= 0.6 is 0 Å². The lowest BCUT2D eigenvalue weighted by atomic mass is 10.1. The van der Waals surface area contributed by atoms with E-state index < -0.39 is 10.0 Å². The van der Waals surface area contributed by atoms with E-state index in [-0.39, 0.29) is 23.1 Å². The number of sulfonamides is 1. The summed E-state index contributed by atoms with van der Waals surface area (Å²) in [5.41, 5.74) is 0.851. The van der Waals surface area contributed by atoms with E-state index in [0.717, 1.165) is 5.56 Å². The zero-order valence-corrected chi connectivity index (χ0v) is 12.9. The van der Waals surface area contributed by atoms with Gasteiger partial charge in [0.15, 0.2) is 0 Å². The van der Waals surface area contributed by atoms with Crippen LogP contribution in [-0.2, 0) is 26.0 Å². The van der Waals surface area contributed by atoms with Crippen LogP contribution in [0.25, 0.3) is 0 Å². The first-order valence-electron chi connectivity index (χ1n) is 6.59. The zero-order chi connectivity index (χ0) is 16.6. The number of carbonyl (C=O) groups excluding carboxylic acids is 2. The van der Waals surface area contributed by atoms with Crippen molar-refractivity contribution in [3.05, 3.63) is 42.5 Å². The second-order valence-electron chi connectivity index (χ2n) is 4.56. The summed E-state index contributed by atoms with van der Waals surface area (Å²) in [6.07, 6.45) is 1.81. The van der Waals surface area contributed by atoms with Crippen molar-refractivity contribution in [2.45, 2.75) is 17.7 Å². The van der Waals surface area contributed by atoms with Gasteiger partial charge < -0.3 is 10.6 Å².